The van der Waals surface area contributed by atoms with Gasteiger partial charge in [-0.1, -0.05) is 36.5 Å². The predicted molar refractivity (Wildman–Crippen MR) is 55.9 cm³/mol. The molecule has 1 nitrogen and oxygen atoms in total. The van der Waals surface area contributed by atoms with E-state index in [1.807, 2.05) is 26.0 Å². The SMILES string of the molecule is C/C=C\C.NCC1C=CC=CC1. The van der Waals surface area contributed by atoms with Gasteiger partial charge in [0.1, 0.15) is 0 Å². The van der Waals surface area contributed by atoms with Gasteiger partial charge in [-0.15, -0.1) is 0 Å². The molecule has 0 fully saturated rings. The van der Waals surface area contributed by atoms with Gasteiger partial charge in [-0.25, -0.2) is 0 Å². The first-order valence-electron chi connectivity index (χ1n) is 4.45. The van der Waals surface area contributed by atoms with E-state index in [2.05, 4.69) is 24.3 Å². The maximum Gasteiger partial charge on any atom is -0.00111 e. The molecule has 12 heavy (non-hydrogen) atoms. The third-order valence-electron chi connectivity index (χ3n) is 1.71. The minimum absolute atomic E-state index is 0.597. The quantitative estimate of drug-likeness (QED) is 0.594. The fourth-order valence-corrected chi connectivity index (χ4v) is 0.807. The Morgan fingerprint density at radius 3 is 2.25 bits per heavy atom. The monoisotopic (exact) mass is 165 g/mol. The number of hydrogen-bond donors (Lipinski definition) is 1. The van der Waals surface area contributed by atoms with Gasteiger partial charge >= 0.3 is 0 Å². The van der Waals surface area contributed by atoms with Gasteiger partial charge in [-0.3, -0.25) is 0 Å². The Balaban J connectivity index is 0.000000261. The molecule has 1 aliphatic rings. The Hall–Kier alpha value is -0.820. The van der Waals surface area contributed by atoms with E-state index in [1.165, 1.54) is 0 Å². The average molecular weight is 165 g/mol. The highest BCUT2D eigenvalue weighted by atomic mass is 14.5. The minimum atomic E-state index is 0.597. The van der Waals surface area contributed by atoms with Crippen molar-refractivity contribution in [2.45, 2.75) is 20.3 Å². The molecule has 0 heterocycles. The first-order chi connectivity index (χ1) is 5.85. The zero-order valence-electron chi connectivity index (χ0n) is 8.03. The molecule has 1 aliphatic carbocycles. The van der Waals surface area contributed by atoms with Gasteiger partial charge in [0, 0.05) is 0 Å². The van der Waals surface area contributed by atoms with Crippen molar-refractivity contribution >= 4 is 0 Å². The van der Waals surface area contributed by atoms with Gasteiger partial charge in [-0.2, -0.15) is 0 Å². The second kappa shape index (κ2) is 8.28. The molecular weight excluding hydrogens is 146 g/mol. The van der Waals surface area contributed by atoms with Gasteiger partial charge in [-0.05, 0) is 32.7 Å². The predicted octanol–water partition coefficient (Wildman–Crippen LogP) is 2.66. The molecule has 0 spiro atoms. The van der Waals surface area contributed by atoms with Crippen LogP contribution in [-0.4, -0.2) is 6.54 Å². The summed E-state index contributed by atoms with van der Waals surface area (Å²) in [7, 11) is 0. The van der Waals surface area contributed by atoms with Crippen molar-refractivity contribution in [2.24, 2.45) is 11.7 Å². The van der Waals surface area contributed by atoms with Crippen LogP contribution in [0.25, 0.3) is 0 Å². The van der Waals surface area contributed by atoms with E-state index in [9.17, 15) is 0 Å². The van der Waals surface area contributed by atoms with Crippen molar-refractivity contribution in [1.29, 1.82) is 0 Å². The molecule has 0 amide bonds. The van der Waals surface area contributed by atoms with Crippen LogP contribution in [0.4, 0.5) is 0 Å². The molecule has 0 radical (unpaired) electrons. The first kappa shape index (κ1) is 11.2. The van der Waals surface area contributed by atoms with E-state index in [-0.39, 0.29) is 0 Å². The molecule has 1 atom stereocenters. The molecule has 0 bridgehead atoms. The third-order valence-corrected chi connectivity index (χ3v) is 1.71. The summed E-state index contributed by atoms with van der Waals surface area (Å²) in [6.07, 6.45) is 13.5. The van der Waals surface area contributed by atoms with Crippen LogP contribution in [-0.2, 0) is 0 Å². The fraction of sp³-hybridized carbons (Fsp3) is 0.455. The Morgan fingerprint density at radius 1 is 1.33 bits per heavy atom. The van der Waals surface area contributed by atoms with E-state index in [0.29, 0.717) is 5.92 Å². The molecular formula is C11H19N. The van der Waals surface area contributed by atoms with Crippen LogP contribution in [0.1, 0.15) is 20.3 Å². The Labute approximate surface area is 75.7 Å². The van der Waals surface area contributed by atoms with Crippen LogP contribution in [0.15, 0.2) is 36.5 Å². The largest absolute Gasteiger partial charge is 0.330 e. The molecule has 1 unspecified atom stereocenters. The summed E-state index contributed by atoms with van der Waals surface area (Å²) >= 11 is 0. The van der Waals surface area contributed by atoms with Crippen LogP contribution in [0.2, 0.25) is 0 Å². The Morgan fingerprint density at radius 2 is 2.00 bits per heavy atom. The maximum atomic E-state index is 5.42. The number of allylic oxidation sites excluding steroid dienone is 5. The Kier molecular flexibility index (Phi) is 7.71. The lowest BCUT2D eigenvalue weighted by Gasteiger charge is -2.07. The summed E-state index contributed by atoms with van der Waals surface area (Å²) < 4.78 is 0. The average Bonchev–Trinajstić information content (AvgIpc) is 2.19. The molecule has 0 aromatic carbocycles. The lowest BCUT2D eigenvalue weighted by Crippen LogP contribution is -2.11. The summed E-state index contributed by atoms with van der Waals surface area (Å²) in [5.41, 5.74) is 5.42. The molecule has 0 saturated carbocycles. The van der Waals surface area contributed by atoms with Gasteiger partial charge in [0.15, 0.2) is 0 Å². The number of rotatable bonds is 1. The van der Waals surface area contributed by atoms with Crippen molar-refractivity contribution in [3.8, 4) is 0 Å². The van der Waals surface area contributed by atoms with Crippen molar-refractivity contribution in [1.82, 2.24) is 0 Å². The molecule has 0 aromatic rings. The normalized spacial score (nSPS) is 20.8. The molecule has 0 saturated heterocycles. The molecule has 1 rings (SSSR count). The Bertz CT molecular complexity index is 162. The van der Waals surface area contributed by atoms with Crippen LogP contribution < -0.4 is 5.73 Å². The van der Waals surface area contributed by atoms with Crippen molar-refractivity contribution in [2.75, 3.05) is 6.54 Å². The van der Waals surface area contributed by atoms with Gasteiger partial charge in [0.25, 0.3) is 0 Å². The highest BCUT2D eigenvalue weighted by Crippen LogP contribution is 2.08. The lowest BCUT2D eigenvalue weighted by molar-refractivity contribution is 0.669. The standard InChI is InChI=1S/C7H11N.C4H8/c8-6-7-4-2-1-3-5-7;1-3-4-2/h1-4,7H,5-6,8H2;3-4H,1-2H3/b;4-3-. The minimum Gasteiger partial charge on any atom is -0.330 e. The summed E-state index contributed by atoms with van der Waals surface area (Å²) in [4.78, 5) is 0. The first-order valence-corrected chi connectivity index (χ1v) is 4.45. The van der Waals surface area contributed by atoms with E-state index in [1.54, 1.807) is 0 Å². The summed E-state index contributed by atoms with van der Waals surface area (Å²) in [5.74, 6) is 0.597. The molecule has 2 N–H and O–H groups in total. The second-order valence-electron chi connectivity index (χ2n) is 2.71. The number of hydrogen-bond acceptors (Lipinski definition) is 1. The van der Waals surface area contributed by atoms with Crippen LogP contribution in [0, 0.1) is 5.92 Å². The summed E-state index contributed by atoms with van der Waals surface area (Å²) in [6, 6.07) is 0. The highest BCUT2D eigenvalue weighted by molar-refractivity contribution is 5.10. The van der Waals surface area contributed by atoms with Crippen molar-refractivity contribution < 1.29 is 0 Å². The highest BCUT2D eigenvalue weighted by Gasteiger charge is 1.99. The van der Waals surface area contributed by atoms with Crippen LogP contribution in [0.5, 0.6) is 0 Å². The summed E-state index contributed by atoms with van der Waals surface area (Å²) in [6.45, 7) is 4.78. The second-order valence-corrected chi connectivity index (χ2v) is 2.71. The summed E-state index contributed by atoms with van der Waals surface area (Å²) in [5, 5.41) is 0. The van der Waals surface area contributed by atoms with Crippen molar-refractivity contribution in [3.63, 3.8) is 0 Å². The van der Waals surface area contributed by atoms with Gasteiger partial charge in [0.2, 0.25) is 0 Å². The van der Waals surface area contributed by atoms with E-state index >= 15 is 0 Å². The molecule has 1 heteroatoms. The molecule has 0 aromatic heterocycles. The fourth-order valence-electron chi connectivity index (χ4n) is 0.807. The third kappa shape index (κ3) is 5.93. The molecule has 68 valence electrons. The zero-order chi connectivity index (χ0) is 9.23. The van der Waals surface area contributed by atoms with Crippen LogP contribution in [0.3, 0.4) is 0 Å². The maximum absolute atomic E-state index is 5.42. The van der Waals surface area contributed by atoms with Crippen molar-refractivity contribution in [3.05, 3.63) is 36.5 Å². The van der Waals surface area contributed by atoms with Crippen LogP contribution >= 0.6 is 0 Å². The van der Waals surface area contributed by atoms with E-state index in [4.69, 9.17) is 5.73 Å². The van der Waals surface area contributed by atoms with E-state index in [0.717, 1.165) is 13.0 Å². The zero-order valence-corrected chi connectivity index (χ0v) is 8.03. The number of nitrogens with two attached hydrogens (primary N) is 1. The molecule has 0 aliphatic heterocycles. The van der Waals surface area contributed by atoms with Gasteiger partial charge in [0.05, 0.1) is 0 Å². The lowest BCUT2D eigenvalue weighted by atomic mass is 10.0. The van der Waals surface area contributed by atoms with Gasteiger partial charge < -0.3 is 5.73 Å². The van der Waals surface area contributed by atoms with E-state index < -0.39 is 0 Å². The smallest absolute Gasteiger partial charge is 0.00111 e. The topological polar surface area (TPSA) is 26.0 Å².